The molecule has 0 aliphatic carbocycles. The highest BCUT2D eigenvalue weighted by Crippen LogP contribution is 2.08. The zero-order valence-electron chi connectivity index (χ0n) is 12.5. The molecule has 1 saturated heterocycles. The molecule has 1 heterocycles. The van der Waals surface area contributed by atoms with Gasteiger partial charge in [-0.3, -0.25) is 4.79 Å². The van der Waals surface area contributed by atoms with Gasteiger partial charge in [0.25, 0.3) is 0 Å². The molecule has 118 valence electrons. The second-order valence-corrected chi connectivity index (χ2v) is 5.47. The summed E-state index contributed by atoms with van der Waals surface area (Å²) in [6.07, 6.45) is 2.85. The number of halogens is 1. The van der Waals surface area contributed by atoms with Gasteiger partial charge in [0.1, 0.15) is 0 Å². The lowest BCUT2D eigenvalue weighted by molar-refractivity contribution is -0.122. The van der Waals surface area contributed by atoms with Crippen LogP contribution in [-0.2, 0) is 16.1 Å². The van der Waals surface area contributed by atoms with Crippen molar-refractivity contribution in [2.45, 2.75) is 44.9 Å². The Bertz CT molecular complexity index is 408. The van der Waals surface area contributed by atoms with Crippen molar-refractivity contribution in [1.29, 1.82) is 0 Å². The number of carbonyl (C=O) groups is 1. The molecule has 5 heteroatoms. The minimum Gasteiger partial charge on any atom is -0.375 e. The zero-order chi connectivity index (χ0) is 14.2. The van der Waals surface area contributed by atoms with Crippen LogP contribution in [0.3, 0.4) is 0 Å². The monoisotopic (exact) mass is 312 g/mol. The van der Waals surface area contributed by atoms with E-state index in [4.69, 9.17) is 4.74 Å². The molecule has 0 aromatic heterocycles. The number of carbonyl (C=O) groups excluding carboxylic acids is 1. The van der Waals surface area contributed by atoms with E-state index < -0.39 is 0 Å². The lowest BCUT2D eigenvalue weighted by Crippen LogP contribution is -2.39. The van der Waals surface area contributed by atoms with E-state index in [1.165, 1.54) is 6.42 Å². The Labute approximate surface area is 133 Å². The summed E-state index contributed by atoms with van der Waals surface area (Å²) in [5.41, 5.74) is 1.15. The fraction of sp³-hybridized carbons (Fsp3) is 0.562. The predicted octanol–water partition coefficient (Wildman–Crippen LogP) is 2.27. The molecule has 2 atom stereocenters. The van der Waals surface area contributed by atoms with Gasteiger partial charge in [0.05, 0.1) is 13.2 Å². The maximum absolute atomic E-state index is 11.8. The van der Waals surface area contributed by atoms with Crippen molar-refractivity contribution in [1.82, 2.24) is 10.6 Å². The highest BCUT2D eigenvalue weighted by molar-refractivity contribution is 5.85. The first kappa shape index (κ1) is 18.0. The molecule has 0 radical (unpaired) electrons. The summed E-state index contributed by atoms with van der Waals surface area (Å²) in [5, 5.41) is 6.32. The summed E-state index contributed by atoms with van der Waals surface area (Å²) in [6, 6.07) is 10.5. The molecule has 2 rings (SSSR count). The molecule has 1 amide bonds. The molecular formula is C16H25ClN2O2. The van der Waals surface area contributed by atoms with Gasteiger partial charge in [0.15, 0.2) is 0 Å². The van der Waals surface area contributed by atoms with Crippen LogP contribution >= 0.6 is 12.4 Å². The Hall–Kier alpha value is -1.10. The molecule has 1 aliphatic rings. The van der Waals surface area contributed by atoms with E-state index in [1.807, 2.05) is 37.3 Å². The lowest BCUT2D eigenvalue weighted by atomic mass is 10.1. The third-order valence-electron chi connectivity index (χ3n) is 3.48. The van der Waals surface area contributed by atoms with Crippen LogP contribution in [-0.4, -0.2) is 31.1 Å². The molecule has 1 fully saturated rings. The number of hydrogen-bond acceptors (Lipinski definition) is 3. The molecule has 1 aromatic carbocycles. The van der Waals surface area contributed by atoms with Crippen LogP contribution < -0.4 is 10.6 Å². The molecule has 21 heavy (non-hydrogen) atoms. The fourth-order valence-corrected chi connectivity index (χ4v) is 2.46. The minimum absolute atomic E-state index is 0. The van der Waals surface area contributed by atoms with Crippen LogP contribution in [0.4, 0.5) is 0 Å². The van der Waals surface area contributed by atoms with E-state index in [-0.39, 0.29) is 24.4 Å². The van der Waals surface area contributed by atoms with E-state index >= 15 is 0 Å². The van der Waals surface area contributed by atoms with Crippen molar-refractivity contribution in [2.24, 2.45) is 0 Å². The molecule has 0 spiro atoms. The van der Waals surface area contributed by atoms with Crippen molar-refractivity contribution < 1.29 is 9.53 Å². The topological polar surface area (TPSA) is 50.4 Å². The van der Waals surface area contributed by atoms with Gasteiger partial charge < -0.3 is 15.4 Å². The highest BCUT2D eigenvalue weighted by atomic mass is 35.5. The standard InChI is InChI=1S/C16H24N2O2.ClH/c1-13(11-20-12-14-6-3-2-4-7-14)18-16(19)10-15-8-5-9-17-15;/h2-4,6-7,13,15,17H,5,8-12H2,1H3,(H,18,19);1H. The summed E-state index contributed by atoms with van der Waals surface area (Å²) in [5.74, 6) is 0.111. The smallest absolute Gasteiger partial charge is 0.221 e. The Kier molecular flexibility index (Phi) is 8.35. The fourth-order valence-electron chi connectivity index (χ4n) is 2.46. The molecule has 1 aliphatic heterocycles. The van der Waals surface area contributed by atoms with Crippen molar-refractivity contribution in [3.05, 3.63) is 35.9 Å². The third-order valence-corrected chi connectivity index (χ3v) is 3.48. The molecule has 2 N–H and O–H groups in total. The summed E-state index contributed by atoms with van der Waals surface area (Å²) < 4.78 is 5.62. The number of benzene rings is 1. The predicted molar refractivity (Wildman–Crippen MR) is 86.6 cm³/mol. The van der Waals surface area contributed by atoms with Gasteiger partial charge in [-0.1, -0.05) is 30.3 Å². The van der Waals surface area contributed by atoms with Crippen LogP contribution in [0.1, 0.15) is 31.7 Å². The Balaban J connectivity index is 0.00000220. The maximum Gasteiger partial charge on any atom is 0.221 e. The second kappa shape index (κ2) is 9.77. The van der Waals surface area contributed by atoms with Crippen LogP contribution in [0.15, 0.2) is 30.3 Å². The van der Waals surface area contributed by atoms with E-state index in [1.54, 1.807) is 0 Å². The normalized spacial score (nSPS) is 18.8. The molecule has 4 nitrogen and oxygen atoms in total. The molecular weight excluding hydrogens is 288 g/mol. The molecule has 0 bridgehead atoms. The molecule has 0 saturated carbocycles. The van der Waals surface area contributed by atoms with Crippen molar-refractivity contribution in [3.8, 4) is 0 Å². The number of hydrogen-bond donors (Lipinski definition) is 2. The maximum atomic E-state index is 11.8. The van der Waals surface area contributed by atoms with Gasteiger partial charge in [0, 0.05) is 18.5 Å². The first-order valence-corrected chi connectivity index (χ1v) is 7.38. The summed E-state index contributed by atoms with van der Waals surface area (Å²) >= 11 is 0. The average Bonchev–Trinajstić information content (AvgIpc) is 2.92. The average molecular weight is 313 g/mol. The van der Waals surface area contributed by atoms with Gasteiger partial charge >= 0.3 is 0 Å². The number of amides is 1. The summed E-state index contributed by atoms with van der Waals surface area (Å²) in [7, 11) is 0. The van der Waals surface area contributed by atoms with E-state index in [0.29, 0.717) is 25.7 Å². The van der Waals surface area contributed by atoms with E-state index in [0.717, 1.165) is 18.5 Å². The first-order chi connectivity index (χ1) is 9.74. The van der Waals surface area contributed by atoms with Gasteiger partial charge in [0.2, 0.25) is 5.91 Å². The second-order valence-electron chi connectivity index (χ2n) is 5.47. The SMILES string of the molecule is CC(COCc1ccccc1)NC(=O)CC1CCCN1.Cl. The Morgan fingerprint density at radius 3 is 2.86 bits per heavy atom. The van der Waals surface area contributed by atoms with Crippen LogP contribution in [0.25, 0.3) is 0 Å². The number of nitrogens with one attached hydrogen (secondary N) is 2. The van der Waals surface area contributed by atoms with Crippen molar-refractivity contribution in [2.75, 3.05) is 13.2 Å². The summed E-state index contributed by atoms with van der Waals surface area (Å²) in [4.78, 5) is 11.8. The Morgan fingerprint density at radius 2 is 2.19 bits per heavy atom. The molecule has 1 aromatic rings. The van der Waals surface area contributed by atoms with Crippen LogP contribution in [0.2, 0.25) is 0 Å². The zero-order valence-corrected chi connectivity index (χ0v) is 13.3. The largest absolute Gasteiger partial charge is 0.375 e. The van der Waals surface area contributed by atoms with Gasteiger partial charge in [-0.05, 0) is 31.9 Å². The quantitative estimate of drug-likeness (QED) is 0.812. The highest BCUT2D eigenvalue weighted by Gasteiger charge is 2.18. The van der Waals surface area contributed by atoms with E-state index in [2.05, 4.69) is 10.6 Å². The van der Waals surface area contributed by atoms with Crippen LogP contribution in [0.5, 0.6) is 0 Å². The first-order valence-electron chi connectivity index (χ1n) is 7.38. The number of ether oxygens (including phenoxy) is 1. The Morgan fingerprint density at radius 1 is 1.43 bits per heavy atom. The van der Waals surface area contributed by atoms with Gasteiger partial charge in [-0.25, -0.2) is 0 Å². The van der Waals surface area contributed by atoms with Crippen molar-refractivity contribution >= 4 is 18.3 Å². The van der Waals surface area contributed by atoms with Gasteiger partial charge in [-0.15, -0.1) is 12.4 Å². The third kappa shape index (κ3) is 6.93. The van der Waals surface area contributed by atoms with E-state index in [9.17, 15) is 4.79 Å². The van der Waals surface area contributed by atoms with Crippen molar-refractivity contribution in [3.63, 3.8) is 0 Å². The lowest BCUT2D eigenvalue weighted by Gasteiger charge is -2.16. The number of rotatable bonds is 7. The minimum atomic E-state index is 0. The molecule has 2 unspecified atom stereocenters. The van der Waals surface area contributed by atoms with Crippen LogP contribution in [0, 0.1) is 0 Å². The summed E-state index contributed by atoms with van der Waals surface area (Å²) in [6.45, 7) is 4.14. The van der Waals surface area contributed by atoms with Gasteiger partial charge in [-0.2, -0.15) is 0 Å².